The molecule has 1 heterocycles. The van der Waals surface area contributed by atoms with E-state index in [-0.39, 0.29) is 12.2 Å². The number of benzene rings is 2. The number of amides is 1. The minimum atomic E-state index is -1.82. The molecule has 1 unspecified atom stereocenters. The first-order valence-corrected chi connectivity index (χ1v) is 7.63. The minimum Gasteiger partial charge on any atom is -0.375 e. The predicted octanol–water partition coefficient (Wildman–Crippen LogP) is 3.17. The van der Waals surface area contributed by atoms with Gasteiger partial charge in [-0.15, -0.1) is 0 Å². The Kier molecular flexibility index (Phi) is 3.62. The summed E-state index contributed by atoms with van der Waals surface area (Å²) in [7, 11) is 0. The van der Waals surface area contributed by atoms with Crippen LogP contribution in [0.5, 0.6) is 0 Å². The van der Waals surface area contributed by atoms with Gasteiger partial charge in [0.05, 0.1) is 6.42 Å². The first-order chi connectivity index (χ1) is 10.4. The van der Waals surface area contributed by atoms with Crippen molar-refractivity contribution in [2.24, 2.45) is 0 Å². The van der Waals surface area contributed by atoms with E-state index in [1.807, 2.05) is 19.1 Å². The molecule has 0 spiro atoms. The maximum absolute atomic E-state index is 12.4. The van der Waals surface area contributed by atoms with Gasteiger partial charge in [0.1, 0.15) is 0 Å². The van der Waals surface area contributed by atoms with Crippen molar-refractivity contribution < 1.29 is 14.7 Å². The van der Waals surface area contributed by atoms with Crippen molar-refractivity contribution in [1.29, 1.82) is 0 Å². The number of rotatable bonds is 3. The Balaban J connectivity index is 1.96. The van der Waals surface area contributed by atoms with Crippen LogP contribution in [0.3, 0.4) is 0 Å². The van der Waals surface area contributed by atoms with Crippen LogP contribution in [-0.4, -0.2) is 16.8 Å². The lowest BCUT2D eigenvalue weighted by molar-refractivity contribution is -0.133. The Morgan fingerprint density at radius 3 is 2.77 bits per heavy atom. The van der Waals surface area contributed by atoms with Gasteiger partial charge < -0.3 is 10.4 Å². The highest BCUT2D eigenvalue weighted by atomic mass is 79.9. The molecule has 0 saturated heterocycles. The largest absolute Gasteiger partial charge is 0.375 e. The van der Waals surface area contributed by atoms with E-state index in [2.05, 4.69) is 21.2 Å². The molecule has 22 heavy (non-hydrogen) atoms. The van der Waals surface area contributed by atoms with Gasteiger partial charge in [-0.3, -0.25) is 9.59 Å². The second-order valence-electron chi connectivity index (χ2n) is 5.47. The van der Waals surface area contributed by atoms with Crippen LogP contribution in [0.1, 0.15) is 27.9 Å². The molecule has 0 aliphatic carbocycles. The lowest BCUT2D eigenvalue weighted by Crippen LogP contribution is -2.36. The number of aryl methyl sites for hydroxylation is 1. The molecule has 2 aromatic rings. The van der Waals surface area contributed by atoms with Crippen molar-refractivity contribution in [2.75, 3.05) is 5.32 Å². The molecule has 0 saturated carbocycles. The van der Waals surface area contributed by atoms with Crippen molar-refractivity contribution in [2.45, 2.75) is 18.9 Å². The summed E-state index contributed by atoms with van der Waals surface area (Å²) in [6.45, 7) is 1.87. The number of carbonyl (C=O) groups is 2. The van der Waals surface area contributed by atoms with E-state index in [1.54, 1.807) is 30.3 Å². The zero-order chi connectivity index (χ0) is 15.9. The van der Waals surface area contributed by atoms with E-state index < -0.39 is 11.5 Å². The number of ketones is 1. The van der Waals surface area contributed by atoms with Crippen LogP contribution in [0.25, 0.3) is 0 Å². The van der Waals surface area contributed by atoms with Gasteiger partial charge in [0.15, 0.2) is 11.4 Å². The van der Waals surface area contributed by atoms with E-state index in [9.17, 15) is 14.7 Å². The average molecular weight is 360 g/mol. The van der Waals surface area contributed by atoms with Crippen LogP contribution < -0.4 is 5.32 Å². The van der Waals surface area contributed by atoms with Gasteiger partial charge >= 0.3 is 0 Å². The van der Waals surface area contributed by atoms with Gasteiger partial charge in [0, 0.05) is 21.3 Å². The molecular formula is C17H14BrNO3. The van der Waals surface area contributed by atoms with Crippen molar-refractivity contribution in [3.63, 3.8) is 0 Å². The average Bonchev–Trinajstić information content (AvgIpc) is 2.71. The number of anilines is 1. The molecule has 2 N–H and O–H groups in total. The van der Waals surface area contributed by atoms with Gasteiger partial charge in [-0.2, -0.15) is 0 Å². The summed E-state index contributed by atoms with van der Waals surface area (Å²) in [6, 6.07) is 12.2. The third-order valence-electron chi connectivity index (χ3n) is 3.81. The molecule has 4 nitrogen and oxygen atoms in total. The Hall–Kier alpha value is -1.98. The fourth-order valence-corrected chi connectivity index (χ4v) is 3.03. The van der Waals surface area contributed by atoms with Gasteiger partial charge in [-0.1, -0.05) is 45.8 Å². The Morgan fingerprint density at radius 2 is 2.05 bits per heavy atom. The molecule has 1 aliphatic heterocycles. The van der Waals surface area contributed by atoms with Crippen LogP contribution in [-0.2, 0) is 10.4 Å². The maximum atomic E-state index is 12.4. The van der Waals surface area contributed by atoms with Crippen LogP contribution in [0.15, 0.2) is 46.9 Å². The lowest BCUT2D eigenvalue weighted by atomic mass is 9.87. The highest BCUT2D eigenvalue weighted by Crippen LogP contribution is 2.39. The molecule has 0 bridgehead atoms. The van der Waals surface area contributed by atoms with Crippen molar-refractivity contribution in [1.82, 2.24) is 0 Å². The maximum Gasteiger partial charge on any atom is 0.261 e. The van der Waals surface area contributed by atoms with Crippen LogP contribution >= 0.6 is 15.9 Å². The molecule has 112 valence electrons. The van der Waals surface area contributed by atoms with Crippen LogP contribution in [0.2, 0.25) is 0 Å². The zero-order valence-corrected chi connectivity index (χ0v) is 13.5. The lowest BCUT2D eigenvalue weighted by Gasteiger charge is -2.20. The zero-order valence-electron chi connectivity index (χ0n) is 11.9. The number of aliphatic hydroxyl groups is 1. The van der Waals surface area contributed by atoms with Crippen molar-refractivity contribution in [3.05, 3.63) is 63.6 Å². The summed E-state index contributed by atoms with van der Waals surface area (Å²) in [5.74, 6) is -0.843. The second kappa shape index (κ2) is 5.34. The number of carbonyl (C=O) groups excluding carboxylic acids is 2. The summed E-state index contributed by atoms with van der Waals surface area (Å²) in [5, 5.41) is 13.4. The van der Waals surface area contributed by atoms with Gasteiger partial charge in [0.25, 0.3) is 5.91 Å². The number of Topliss-reactive ketones (excluding diaryl/α,β-unsaturated/α-hetero) is 1. The molecule has 3 rings (SSSR count). The first-order valence-electron chi connectivity index (χ1n) is 6.84. The molecule has 1 amide bonds. The van der Waals surface area contributed by atoms with Crippen LogP contribution in [0.4, 0.5) is 5.69 Å². The highest BCUT2D eigenvalue weighted by molar-refractivity contribution is 9.10. The monoisotopic (exact) mass is 359 g/mol. The summed E-state index contributed by atoms with van der Waals surface area (Å²) < 4.78 is 0.775. The van der Waals surface area contributed by atoms with Crippen molar-refractivity contribution in [3.8, 4) is 0 Å². The van der Waals surface area contributed by atoms with E-state index in [0.717, 1.165) is 10.0 Å². The molecule has 0 aromatic heterocycles. The number of halogens is 1. The standard InChI is InChI=1S/C17H14BrNO3/c1-10-5-6-14-13(7-10)17(22,16(21)19-14)9-15(20)11-3-2-4-12(18)8-11/h2-8,22H,9H2,1H3,(H,19,21). The molecule has 2 aromatic carbocycles. The summed E-state index contributed by atoms with van der Waals surface area (Å²) in [5.41, 5.74) is 0.571. The van der Waals surface area contributed by atoms with Gasteiger partial charge in [-0.25, -0.2) is 0 Å². The Bertz CT molecular complexity index is 787. The van der Waals surface area contributed by atoms with E-state index in [0.29, 0.717) is 16.8 Å². The molecule has 1 aliphatic rings. The smallest absolute Gasteiger partial charge is 0.261 e. The fraction of sp³-hybridized carbons (Fsp3) is 0.176. The highest BCUT2D eigenvalue weighted by Gasteiger charge is 2.46. The normalized spacial score (nSPS) is 19.7. The summed E-state index contributed by atoms with van der Waals surface area (Å²) in [4.78, 5) is 24.6. The Morgan fingerprint density at radius 1 is 1.27 bits per heavy atom. The van der Waals surface area contributed by atoms with E-state index in [1.165, 1.54) is 0 Å². The molecule has 0 fully saturated rings. The van der Waals surface area contributed by atoms with E-state index >= 15 is 0 Å². The fourth-order valence-electron chi connectivity index (χ4n) is 2.63. The van der Waals surface area contributed by atoms with Gasteiger partial charge in [0.2, 0.25) is 0 Å². The van der Waals surface area contributed by atoms with Crippen LogP contribution in [0, 0.1) is 6.92 Å². The minimum absolute atomic E-state index is 0.284. The molecule has 5 heteroatoms. The molecular weight excluding hydrogens is 346 g/mol. The topological polar surface area (TPSA) is 66.4 Å². The quantitative estimate of drug-likeness (QED) is 0.827. The SMILES string of the molecule is Cc1ccc2c(c1)C(O)(CC(=O)c1cccc(Br)c1)C(=O)N2. The van der Waals surface area contributed by atoms with E-state index in [4.69, 9.17) is 0 Å². The summed E-state index contributed by atoms with van der Waals surface area (Å²) in [6.07, 6.45) is -0.286. The Labute approximate surface area is 136 Å². The third kappa shape index (κ3) is 2.46. The third-order valence-corrected chi connectivity index (χ3v) is 4.30. The number of fused-ring (bicyclic) bond motifs is 1. The van der Waals surface area contributed by atoms with Gasteiger partial charge in [-0.05, 0) is 25.1 Å². The first kappa shape index (κ1) is 14.9. The number of hydrogen-bond donors (Lipinski definition) is 2. The predicted molar refractivity (Wildman–Crippen MR) is 86.8 cm³/mol. The summed E-state index contributed by atoms with van der Waals surface area (Å²) >= 11 is 3.31. The number of hydrogen-bond acceptors (Lipinski definition) is 3. The van der Waals surface area contributed by atoms with Crippen molar-refractivity contribution >= 4 is 33.3 Å². The second-order valence-corrected chi connectivity index (χ2v) is 6.39. The molecule has 0 radical (unpaired) electrons. The number of nitrogens with one attached hydrogen (secondary N) is 1. The molecule has 1 atom stereocenters.